The van der Waals surface area contributed by atoms with E-state index in [1.165, 1.54) is 25.3 Å². The zero-order valence-electron chi connectivity index (χ0n) is 10.3. The van der Waals surface area contributed by atoms with Crippen LogP contribution in [0.25, 0.3) is 11.2 Å². The van der Waals surface area contributed by atoms with E-state index in [2.05, 4.69) is 4.98 Å². The summed E-state index contributed by atoms with van der Waals surface area (Å²) in [5, 5.41) is 0. The van der Waals surface area contributed by atoms with Crippen molar-refractivity contribution in [2.75, 3.05) is 0 Å². The van der Waals surface area contributed by atoms with Gasteiger partial charge in [0.25, 0.3) is 0 Å². The van der Waals surface area contributed by atoms with E-state index in [1.807, 2.05) is 0 Å². The predicted octanol–water partition coefficient (Wildman–Crippen LogP) is 1.05. The van der Waals surface area contributed by atoms with E-state index < -0.39 is 11.3 Å². The third-order valence-corrected chi connectivity index (χ3v) is 3.85. The molecule has 2 aromatic rings. The molecule has 0 aliphatic heterocycles. The number of carbonyl (C=O) groups is 1. The molecule has 0 bridgehead atoms. The number of aryl methyl sites for hydroxylation is 1. The molecule has 0 spiro atoms. The molecule has 0 unspecified atom stereocenters. The Morgan fingerprint density at radius 2 is 2.21 bits per heavy atom. The molecule has 0 saturated heterocycles. The molecule has 0 atom stereocenters. The van der Waals surface area contributed by atoms with Crippen molar-refractivity contribution in [2.24, 2.45) is 5.92 Å². The highest BCUT2D eigenvalue weighted by molar-refractivity contribution is 5.80. The summed E-state index contributed by atoms with van der Waals surface area (Å²) in [5.41, 5.74) is 0.0791. The second-order valence-corrected chi connectivity index (χ2v) is 5.01. The van der Waals surface area contributed by atoms with Crippen molar-refractivity contribution in [3.63, 3.8) is 0 Å². The Bertz CT molecular complexity index is 733. The van der Waals surface area contributed by atoms with Gasteiger partial charge < -0.3 is 4.42 Å². The van der Waals surface area contributed by atoms with Gasteiger partial charge in [-0.1, -0.05) is 19.3 Å². The topological polar surface area (TPSA) is 85.1 Å². The molecule has 0 radical (unpaired) electrons. The third-order valence-electron chi connectivity index (χ3n) is 3.85. The minimum atomic E-state index is -0.579. The summed E-state index contributed by atoms with van der Waals surface area (Å²) < 4.78 is 5.87. The highest BCUT2D eigenvalue weighted by Crippen LogP contribution is 2.31. The molecule has 0 aromatic carbocycles. The molecule has 19 heavy (non-hydrogen) atoms. The van der Waals surface area contributed by atoms with Gasteiger partial charge in [-0.2, -0.15) is 0 Å². The number of nitrogens with zero attached hydrogens (tertiary/aromatic N) is 1. The average Bonchev–Trinajstić information content (AvgIpc) is 2.62. The summed E-state index contributed by atoms with van der Waals surface area (Å²) in [6.07, 6.45) is 5.79. The van der Waals surface area contributed by atoms with Gasteiger partial charge in [0.05, 0.1) is 0 Å². The van der Waals surface area contributed by atoms with Crippen LogP contribution in [0.5, 0.6) is 0 Å². The zero-order valence-corrected chi connectivity index (χ0v) is 10.3. The molecular weight excluding hydrogens is 248 g/mol. The lowest BCUT2D eigenvalue weighted by molar-refractivity contribution is 0.296. The van der Waals surface area contributed by atoms with Crippen molar-refractivity contribution in [3.05, 3.63) is 32.5 Å². The number of nitrogens with one attached hydrogen (secondary N) is 1. The van der Waals surface area contributed by atoms with Crippen LogP contribution in [0.3, 0.4) is 0 Å². The number of aromatic nitrogens is 2. The van der Waals surface area contributed by atoms with Gasteiger partial charge in [-0.25, -0.2) is 14.2 Å². The van der Waals surface area contributed by atoms with Crippen molar-refractivity contribution in [2.45, 2.75) is 32.1 Å². The Labute approximate surface area is 108 Å². The number of aromatic amines is 1. The molecule has 1 aliphatic rings. The molecule has 3 rings (SSSR count). The fourth-order valence-electron chi connectivity index (χ4n) is 2.57. The van der Waals surface area contributed by atoms with Crippen molar-refractivity contribution < 1.29 is 9.21 Å². The number of imidazole rings is 1. The maximum Gasteiger partial charge on any atom is 0.337 e. The largest absolute Gasteiger partial charge is 0.404 e. The molecule has 1 N–H and O–H groups in total. The Kier molecular flexibility index (Phi) is 2.85. The van der Waals surface area contributed by atoms with Crippen molar-refractivity contribution in [3.8, 4) is 0 Å². The minimum Gasteiger partial charge on any atom is -0.404 e. The van der Waals surface area contributed by atoms with Gasteiger partial charge >= 0.3 is 11.3 Å². The first-order valence-electron chi connectivity index (χ1n) is 6.41. The Hall–Kier alpha value is -2.11. The number of carbonyl (C=O) groups excluding carboxylic acids is 1. The standard InChI is InChI=1S/C13H14N2O4/c16-7-15-11-9(5-4-8-2-1-3-8)6-10(17)19-12(11)14-13(15)18/h6-8H,1-5H2,(H,14,18). The summed E-state index contributed by atoms with van der Waals surface area (Å²) in [7, 11) is 0. The molecule has 2 aromatic heterocycles. The van der Waals surface area contributed by atoms with Gasteiger partial charge in [0.15, 0.2) is 0 Å². The van der Waals surface area contributed by atoms with Crippen molar-refractivity contribution in [1.82, 2.24) is 9.55 Å². The van der Waals surface area contributed by atoms with E-state index in [-0.39, 0.29) is 5.71 Å². The summed E-state index contributed by atoms with van der Waals surface area (Å²) in [6.45, 7) is 0. The van der Waals surface area contributed by atoms with Gasteiger partial charge in [0.2, 0.25) is 12.1 Å². The molecule has 2 heterocycles. The number of hydrogen-bond acceptors (Lipinski definition) is 4. The third kappa shape index (κ3) is 2.03. The maximum absolute atomic E-state index is 11.6. The number of fused-ring (bicyclic) bond motifs is 1. The van der Waals surface area contributed by atoms with E-state index >= 15 is 0 Å². The van der Waals surface area contributed by atoms with Gasteiger partial charge in [0, 0.05) is 6.07 Å². The fourth-order valence-corrected chi connectivity index (χ4v) is 2.57. The quantitative estimate of drug-likeness (QED) is 0.835. The van der Waals surface area contributed by atoms with Crippen molar-refractivity contribution >= 4 is 17.6 Å². The Morgan fingerprint density at radius 3 is 2.84 bits per heavy atom. The average molecular weight is 262 g/mol. The molecule has 0 amide bonds. The molecule has 1 aliphatic carbocycles. The smallest absolute Gasteiger partial charge is 0.337 e. The van der Waals surface area contributed by atoms with Gasteiger partial charge in [0.1, 0.15) is 5.52 Å². The Balaban J connectivity index is 2.07. The monoisotopic (exact) mass is 262 g/mol. The summed E-state index contributed by atoms with van der Waals surface area (Å²) in [4.78, 5) is 36.4. The van der Waals surface area contributed by atoms with Crippen LogP contribution in [0.2, 0.25) is 0 Å². The van der Waals surface area contributed by atoms with E-state index in [9.17, 15) is 14.4 Å². The number of H-pyrrole nitrogens is 1. The van der Waals surface area contributed by atoms with Crippen molar-refractivity contribution in [1.29, 1.82) is 0 Å². The van der Waals surface area contributed by atoms with Crippen LogP contribution >= 0.6 is 0 Å². The number of rotatable bonds is 4. The Morgan fingerprint density at radius 1 is 1.42 bits per heavy atom. The lowest BCUT2D eigenvalue weighted by Crippen LogP contribution is -2.17. The van der Waals surface area contributed by atoms with E-state index in [1.54, 1.807) is 0 Å². The van der Waals surface area contributed by atoms with Crippen LogP contribution in [-0.2, 0) is 11.2 Å². The van der Waals surface area contributed by atoms with Crippen LogP contribution in [-0.4, -0.2) is 16.0 Å². The van der Waals surface area contributed by atoms with Crippen LogP contribution in [0.1, 0.15) is 31.2 Å². The van der Waals surface area contributed by atoms with Gasteiger partial charge in [-0.15, -0.1) is 0 Å². The molecular formula is C13H14N2O4. The first-order chi connectivity index (χ1) is 9.19. The molecule has 6 nitrogen and oxygen atoms in total. The van der Waals surface area contributed by atoms with Crippen LogP contribution in [0, 0.1) is 5.92 Å². The van der Waals surface area contributed by atoms with E-state index in [0.717, 1.165) is 11.0 Å². The van der Waals surface area contributed by atoms with E-state index in [4.69, 9.17) is 4.42 Å². The normalized spacial score (nSPS) is 15.6. The van der Waals surface area contributed by atoms with Gasteiger partial charge in [-0.3, -0.25) is 9.78 Å². The lowest BCUT2D eigenvalue weighted by atomic mass is 9.81. The van der Waals surface area contributed by atoms with Crippen LogP contribution < -0.4 is 11.3 Å². The molecule has 1 saturated carbocycles. The summed E-state index contributed by atoms with van der Waals surface area (Å²) >= 11 is 0. The summed E-state index contributed by atoms with van der Waals surface area (Å²) in [6, 6.07) is 1.37. The van der Waals surface area contributed by atoms with E-state index in [0.29, 0.717) is 29.8 Å². The molecule has 100 valence electrons. The predicted molar refractivity (Wildman–Crippen MR) is 68.9 cm³/mol. The fraction of sp³-hybridized carbons (Fsp3) is 0.462. The molecule has 6 heteroatoms. The summed E-state index contributed by atoms with van der Waals surface area (Å²) in [5.74, 6) is 0.692. The number of hydrogen-bond donors (Lipinski definition) is 1. The first-order valence-corrected chi connectivity index (χ1v) is 6.41. The first kappa shape index (κ1) is 12.0. The van der Waals surface area contributed by atoms with Crippen LogP contribution in [0.15, 0.2) is 20.1 Å². The SMILES string of the molecule is O=Cn1c(=O)[nH]c2oc(=O)cc(CCC3CCC3)c21. The zero-order chi connectivity index (χ0) is 13.4. The lowest BCUT2D eigenvalue weighted by Gasteiger charge is -2.25. The highest BCUT2D eigenvalue weighted by Gasteiger charge is 2.19. The van der Waals surface area contributed by atoms with Crippen LogP contribution in [0.4, 0.5) is 0 Å². The highest BCUT2D eigenvalue weighted by atomic mass is 16.4. The minimum absolute atomic E-state index is 0.0770. The second kappa shape index (κ2) is 4.53. The maximum atomic E-state index is 11.6. The second-order valence-electron chi connectivity index (χ2n) is 5.01. The van der Waals surface area contributed by atoms with Gasteiger partial charge in [-0.05, 0) is 24.3 Å². The molecule has 1 fully saturated rings.